The molecule has 2 saturated heterocycles. The predicted molar refractivity (Wildman–Crippen MR) is 157 cm³/mol. The molecule has 6 nitrogen and oxygen atoms in total. The van der Waals surface area contributed by atoms with E-state index in [1.165, 1.54) is 5.56 Å². The molecule has 208 valence electrons. The Morgan fingerprint density at radius 1 is 0.921 bits per heavy atom. The highest BCUT2D eigenvalue weighted by Gasteiger charge is 2.38. The normalized spacial score (nSPS) is 22.8. The highest BCUT2D eigenvalue weighted by Crippen LogP contribution is 2.40. The van der Waals surface area contributed by atoms with E-state index in [2.05, 4.69) is 94.3 Å². The zero-order valence-corrected chi connectivity index (χ0v) is 24.7. The van der Waals surface area contributed by atoms with Crippen LogP contribution in [0.4, 0.5) is 10.5 Å². The van der Waals surface area contributed by atoms with Crippen molar-refractivity contribution in [1.82, 2.24) is 15.1 Å². The Morgan fingerprint density at radius 3 is 2.03 bits per heavy atom. The molecule has 0 aromatic heterocycles. The molecule has 0 saturated carbocycles. The molecule has 2 unspecified atom stereocenters. The summed E-state index contributed by atoms with van der Waals surface area (Å²) in [6.07, 6.45) is 3.61. The van der Waals surface area contributed by atoms with Crippen LogP contribution in [-0.4, -0.2) is 66.2 Å². The third-order valence-corrected chi connectivity index (χ3v) is 8.38. The average molecular weight is 521 g/mol. The van der Waals surface area contributed by atoms with E-state index in [1.54, 1.807) is 0 Å². The molecule has 6 heteroatoms. The van der Waals surface area contributed by atoms with E-state index >= 15 is 0 Å². The van der Waals surface area contributed by atoms with Crippen LogP contribution in [0.25, 0.3) is 0 Å². The van der Waals surface area contributed by atoms with Crippen LogP contribution >= 0.6 is 0 Å². The van der Waals surface area contributed by atoms with Gasteiger partial charge >= 0.3 is 6.03 Å². The lowest BCUT2D eigenvalue weighted by molar-refractivity contribution is 0.0101. The van der Waals surface area contributed by atoms with Gasteiger partial charge in [0.2, 0.25) is 0 Å². The fourth-order valence-corrected chi connectivity index (χ4v) is 6.17. The molecule has 2 aliphatic rings. The Balaban J connectivity index is 1.45. The number of nitrogens with one attached hydrogen (secondary N) is 2. The number of para-hydroxylation sites is 1. The van der Waals surface area contributed by atoms with E-state index in [4.69, 9.17) is 0 Å². The number of nitrogens with zero attached hydrogens (tertiary/aromatic N) is 2. The lowest BCUT2D eigenvalue weighted by Crippen LogP contribution is -2.63. The zero-order chi connectivity index (χ0) is 27.8. The molecular formula is C32H48N4O2. The van der Waals surface area contributed by atoms with Gasteiger partial charge in [-0.05, 0) is 78.9 Å². The number of piperazine rings is 1. The summed E-state index contributed by atoms with van der Waals surface area (Å²) < 4.78 is 0. The first-order valence-corrected chi connectivity index (χ1v) is 14.1. The van der Waals surface area contributed by atoms with E-state index in [1.807, 2.05) is 18.2 Å². The number of hydrogen-bond acceptors (Lipinski definition) is 4. The van der Waals surface area contributed by atoms with Crippen LogP contribution in [0.1, 0.15) is 76.6 Å². The second-order valence-electron chi connectivity index (χ2n) is 13.7. The van der Waals surface area contributed by atoms with Gasteiger partial charge in [0.05, 0.1) is 0 Å². The van der Waals surface area contributed by atoms with Crippen LogP contribution in [0.3, 0.4) is 0 Å². The topological polar surface area (TPSA) is 67.8 Å². The number of urea groups is 1. The molecule has 2 aromatic rings. The number of aryl methyl sites for hydroxylation is 2. The van der Waals surface area contributed by atoms with Gasteiger partial charge in [-0.15, -0.1) is 0 Å². The number of benzene rings is 2. The fraction of sp³-hybridized carbons (Fsp3) is 0.594. The van der Waals surface area contributed by atoms with E-state index in [-0.39, 0.29) is 22.9 Å². The Morgan fingerprint density at radius 2 is 1.47 bits per heavy atom. The van der Waals surface area contributed by atoms with Gasteiger partial charge in [-0.3, -0.25) is 4.90 Å². The molecule has 0 aliphatic carbocycles. The minimum atomic E-state index is -0.153. The van der Waals surface area contributed by atoms with Crippen molar-refractivity contribution in [3.63, 3.8) is 0 Å². The molecule has 3 N–H and O–H groups in total. The summed E-state index contributed by atoms with van der Waals surface area (Å²) in [6, 6.07) is 13.5. The molecule has 0 radical (unpaired) electrons. The zero-order valence-electron chi connectivity index (χ0n) is 24.7. The maximum atomic E-state index is 13.0. The van der Waals surface area contributed by atoms with Crippen molar-refractivity contribution in [3.05, 3.63) is 58.7 Å². The number of hydrogen-bond donors (Lipinski definition) is 3. The molecule has 2 fully saturated rings. The third-order valence-electron chi connectivity index (χ3n) is 8.38. The average Bonchev–Trinajstić information content (AvgIpc) is 2.79. The molecule has 38 heavy (non-hydrogen) atoms. The summed E-state index contributed by atoms with van der Waals surface area (Å²) in [5.74, 6) is 0.414. The second-order valence-corrected chi connectivity index (χ2v) is 13.7. The number of aromatic hydroxyl groups is 1. The number of phenols is 1. The number of piperidine rings is 1. The lowest BCUT2D eigenvalue weighted by atomic mass is 9.78. The predicted octanol–water partition coefficient (Wildman–Crippen LogP) is 5.67. The number of amides is 2. The van der Waals surface area contributed by atoms with Crippen molar-refractivity contribution in [3.8, 4) is 5.75 Å². The highest BCUT2D eigenvalue weighted by molar-refractivity contribution is 5.90. The van der Waals surface area contributed by atoms with Gasteiger partial charge in [0.15, 0.2) is 0 Å². The van der Waals surface area contributed by atoms with Crippen molar-refractivity contribution in [2.24, 2.45) is 0 Å². The molecule has 2 atom stereocenters. The van der Waals surface area contributed by atoms with Crippen LogP contribution in [0.2, 0.25) is 0 Å². The molecule has 0 spiro atoms. The van der Waals surface area contributed by atoms with E-state index in [0.717, 1.165) is 61.2 Å². The number of anilines is 1. The Kier molecular flexibility index (Phi) is 8.15. The number of likely N-dealkylation sites (tertiary alicyclic amines) is 1. The lowest BCUT2D eigenvalue weighted by Gasteiger charge is -2.50. The first-order valence-electron chi connectivity index (χ1n) is 14.1. The smallest absolute Gasteiger partial charge is 0.319 e. The van der Waals surface area contributed by atoms with Gasteiger partial charge in [-0.1, -0.05) is 71.9 Å². The Hall–Kier alpha value is -2.57. The standard InChI is InChI=1S/C32H48N4O2/c1-31(2,3)26-15-21(16-27(29(26)37)32(4,5)6)13-14-22-11-9-10-12-28(22)34-30(38)33-23-17-24-19-35(7)20-25(18-23)36(24)8/h9-12,15-16,23-25,37H,13-14,17-20H2,1-8H3,(H2,33,34,38). The van der Waals surface area contributed by atoms with Crippen molar-refractivity contribution >= 4 is 11.7 Å². The molecule has 4 rings (SSSR count). The minimum Gasteiger partial charge on any atom is -0.507 e. The van der Waals surface area contributed by atoms with Crippen molar-refractivity contribution < 1.29 is 9.90 Å². The number of fused-ring (bicyclic) bond motifs is 2. The first kappa shape index (κ1) is 28.4. The minimum absolute atomic E-state index is 0.117. The second kappa shape index (κ2) is 10.9. The van der Waals surface area contributed by atoms with Gasteiger partial charge in [-0.2, -0.15) is 0 Å². The van der Waals surface area contributed by atoms with Gasteiger partial charge in [0, 0.05) is 36.9 Å². The largest absolute Gasteiger partial charge is 0.507 e. The first-order chi connectivity index (χ1) is 17.7. The van der Waals surface area contributed by atoms with Gasteiger partial charge in [0.25, 0.3) is 0 Å². The fourth-order valence-electron chi connectivity index (χ4n) is 6.17. The number of carbonyl (C=O) groups is 1. The quantitative estimate of drug-likeness (QED) is 0.475. The number of rotatable bonds is 5. The van der Waals surface area contributed by atoms with Gasteiger partial charge < -0.3 is 20.6 Å². The van der Waals surface area contributed by atoms with Crippen LogP contribution < -0.4 is 10.6 Å². The Labute approximate surface area is 229 Å². The summed E-state index contributed by atoms with van der Waals surface area (Å²) >= 11 is 0. The van der Waals surface area contributed by atoms with Crippen LogP contribution in [0, 0.1) is 0 Å². The number of carbonyl (C=O) groups excluding carboxylic acids is 1. The van der Waals surface area contributed by atoms with Crippen molar-refractivity contribution in [2.75, 3.05) is 32.5 Å². The Bertz CT molecular complexity index is 1100. The maximum absolute atomic E-state index is 13.0. The monoisotopic (exact) mass is 520 g/mol. The number of likely N-dealkylation sites (N-methyl/N-ethyl adjacent to an activating group) is 2. The van der Waals surface area contributed by atoms with E-state index in [9.17, 15) is 9.90 Å². The van der Waals surface area contributed by atoms with Crippen molar-refractivity contribution in [1.29, 1.82) is 0 Å². The maximum Gasteiger partial charge on any atom is 0.319 e. The van der Waals surface area contributed by atoms with Crippen molar-refractivity contribution in [2.45, 2.75) is 96.2 Å². The van der Waals surface area contributed by atoms with E-state index < -0.39 is 0 Å². The van der Waals surface area contributed by atoms with E-state index in [0.29, 0.717) is 17.8 Å². The highest BCUT2D eigenvalue weighted by atomic mass is 16.3. The molecular weight excluding hydrogens is 472 g/mol. The van der Waals surface area contributed by atoms with Gasteiger partial charge in [0.1, 0.15) is 5.75 Å². The van der Waals surface area contributed by atoms with Crippen LogP contribution in [0.15, 0.2) is 36.4 Å². The number of phenolic OH excluding ortho intramolecular Hbond substituents is 1. The van der Waals surface area contributed by atoms with Gasteiger partial charge in [-0.25, -0.2) is 4.79 Å². The molecule has 2 bridgehead atoms. The summed E-state index contributed by atoms with van der Waals surface area (Å²) in [5.41, 5.74) is 4.86. The molecule has 2 heterocycles. The molecule has 2 aliphatic heterocycles. The van der Waals surface area contributed by atoms with Crippen LogP contribution in [-0.2, 0) is 23.7 Å². The SMILES string of the molecule is CN1CC2CC(NC(=O)Nc3ccccc3CCc3cc(C(C)(C)C)c(O)c(C(C)(C)C)c3)CC(C1)N2C. The van der Waals surface area contributed by atoms with Crippen LogP contribution in [0.5, 0.6) is 5.75 Å². The third kappa shape index (κ3) is 6.52. The summed E-state index contributed by atoms with van der Waals surface area (Å²) in [5, 5.41) is 17.5. The molecule has 2 amide bonds. The summed E-state index contributed by atoms with van der Waals surface area (Å²) in [7, 11) is 4.41. The summed E-state index contributed by atoms with van der Waals surface area (Å²) in [4.78, 5) is 17.9. The summed E-state index contributed by atoms with van der Waals surface area (Å²) in [6.45, 7) is 15.0. The molecule has 2 aromatic carbocycles.